The molecule has 6 heteroatoms. The molecule has 1 amide bonds. The maximum absolute atomic E-state index is 12.4. The Labute approximate surface area is 113 Å². The molecule has 0 spiro atoms. The molecule has 1 aliphatic rings. The molecule has 0 bridgehead atoms. The lowest BCUT2D eigenvalue weighted by Crippen LogP contribution is -2.26. The Hall–Kier alpha value is -2.76. The Balaban J connectivity index is 2.10. The van der Waals surface area contributed by atoms with Crippen molar-refractivity contribution in [2.75, 3.05) is 7.05 Å². The summed E-state index contributed by atoms with van der Waals surface area (Å²) in [5.41, 5.74) is -0.0394. The number of Topliss-reactive ketones (excluding diaryl/α,β-unsaturated/α-hetero) is 1. The van der Waals surface area contributed by atoms with Crippen LogP contribution in [0.4, 0.5) is 0 Å². The van der Waals surface area contributed by atoms with Gasteiger partial charge in [0, 0.05) is 7.05 Å². The van der Waals surface area contributed by atoms with Crippen LogP contribution >= 0.6 is 0 Å². The van der Waals surface area contributed by atoms with Crippen molar-refractivity contribution >= 4 is 11.7 Å². The van der Waals surface area contributed by atoms with Crippen molar-refractivity contribution in [2.24, 2.45) is 0 Å². The number of nitrogens with zero attached hydrogens (tertiary/aromatic N) is 1. The molecule has 1 atom stereocenters. The standard InChI is InChI=1S/C14H11NO5/c1-15-11(8-4-2-6-19-8)10(13(17)14(15)18)12(16)9-5-3-7-20-9/h2-7,11,17H,1H3. The fraction of sp³-hybridized carbons (Fsp3) is 0.143. The number of ketones is 1. The van der Waals surface area contributed by atoms with Crippen LogP contribution in [0.15, 0.2) is 57.0 Å². The molecule has 0 aromatic carbocycles. The molecule has 0 aliphatic carbocycles. The van der Waals surface area contributed by atoms with Crippen LogP contribution in [0.2, 0.25) is 0 Å². The van der Waals surface area contributed by atoms with Crippen LogP contribution in [0.3, 0.4) is 0 Å². The number of hydrogen-bond acceptors (Lipinski definition) is 5. The van der Waals surface area contributed by atoms with E-state index < -0.39 is 23.5 Å². The highest BCUT2D eigenvalue weighted by Gasteiger charge is 2.43. The molecule has 3 rings (SSSR count). The second kappa shape index (κ2) is 4.41. The van der Waals surface area contributed by atoms with Gasteiger partial charge in [-0.25, -0.2) is 0 Å². The van der Waals surface area contributed by atoms with Crippen molar-refractivity contribution < 1.29 is 23.5 Å². The third kappa shape index (κ3) is 1.65. The van der Waals surface area contributed by atoms with Gasteiger partial charge in [0.15, 0.2) is 11.5 Å². The first-order valence-corrected chi connectivity index (χ1v) is 5.93. The molecule has 1 N–H and O–H groups in total. The van der Waals surface area contributed by atoms with Crippen LogP contribution in [0.25, 0.3) is 0 Å². The highest BCUT2D eigenvalue weighted by Crippen LogP contribution is 2.37. The summed E-state index contributed by atoms with van der Waals surface area (Å²) in [7, 11) is 1.49. The van der Waals surface area contributed by atoms with Gasteiger partial charge in [-0.3, -0.25) is 9.59 Å². The molecule has 0 saturated carbocycles. The molecule has 6 nitrogen and oxygen atoms in total. The molecular weight excluding hydrogens is 262 g/mol. The lowest BCUT2D eigenvalue weighted by Gasteiger charge is -2.19. The molecule has 3 heterocycles. The van der Waals surface area contributed by atoms with Crippen LogP contribution in [0, 0.1) is 0 Å². The van der Waals surface area contributed by atoms with Gasteiger partial charge in [-0.15, -0.1) is 0 Å². The smallest absolute Gasteiger partial charge is 0.289 e. The summed E-state index contributed by atoms with van der Waals surface area (Å²) in [5, 5.41) is 9.95. The van der Waals surface area contributed by atoms with Gasteiger partial charge in [0.25, 0.3) is 5.91 Å². The molecule has 20 heavy (non-hydrogen) atoms. The monoisotopic (exact) mass is 273 g/mol. The zero-order valence-electron chi connectivity index (χ0n) is 10.6. The quantitative estimate of drug-likeness (QED) is 0.865. The number of carbonyl (C=O) groups excluding carboxylic acids is 2. The summed E-state index contributed by atoms with van der Waals surface area (Å²) in [6, 6.07) is 5.58. The molecule has 1 aliphatic heterocycles. The Morgan fingerprint density at radius 2 is 1.95 bits per heavy atom. The Bertz CT molecular complexity index is 681. The molecular formula is C14H11NO5. The van der Waals surface area contributed by atoms with Gasteiger partial charge >= 0.3 is 0 Å². The van der Waals surface area contributed by atoms with Gasteiger partial charge in [-0.2, -0.15) is 0 Å². The van der Waals surface area contributed by atoms with Gasteiger partial charge in [0.2, 0.25) is 5.78 Å². The number of rotatable bonds is 3. The number of hydrogen-bond donors (Lipinski definition) is 1. The lowest BCUT2D eigenvalue weighted by molar-refractivity contribution is -0.128. The fourth-order valence-electron chi connectivity index (χ4n) is 2.27. The van der Waals surface area contributed by atoms with Gasteiger partial charge < -0.3 is 18.8 Å². The minimum absolute atomic E-state index is 0.0394. The van der Waals surface area contributed by atoms with Crippen molar-refractivity contribution in [3.63, 3.8) is 0 Å². The zero-order chi connectivity index (χ0) is 14.3. The first kappa shape index (κ1) is 12.3. The van der Waals surface area contributed by atoms with Crippen molar-refractivity contribution in [2.45, 2.75) is 6.04 Å². The van der Waals surface area contributed by atoms with E-state index in [1.807, 2.05) is 0 Å². The van der Waals surface area contributed by atoms with E-state index in [9.17, 15) is 14.7 Å². The normalized spacial score (nSPS) is 18.9. The van der Waals surface area contributed by atoms with Crippen molar-refractivity contribution in [3.05, 3.63) is 59.6 Å². The Kier molecular flexibility index (Phi) is 2.71. The Morgan fingerprint density at radius 1 is 1.25 bits per heavy atom. The van der Waals surface area contributed by atoms with Crippen molar-refractivity contribution in [3.8, 4) is 0 Å². The van der Waals surface area contributed by atoms with E-state index in [-0.39, 0.29) is 11.3 Å². The summed E-state index contributed by atoms with van der Waals surface area (Å²) in [6.07, 6.45) is 2.80. The molecule has 1 unspecified atom stereocenters. The Morgan fingerprint density at radius 3 is 2.55 bits per heavy atom. The second-order valence-corrected chi connectivity index (χ2v) is 4.40. The third-order valence-corrected chi connectivity index (χ3v) is 3.24. The van der Waals surface area contributed by atoms with Crippen molar-refractivity contribution in [1.82, 2.24) is 4.90 Å². The number of furan rings is 2. The van der Waals surface area contributed by atoms with Crippen LogP contribution in [-0.4, -0.2) is 28.7 Å². The highest BCUT2D eigenvalue weighted by molar-refractivity contribution is 6.14. The van der Waals surface area contributed by atoms with Gasteiger partial charge in [-0.1, -0.05) is 0 Å². The van der Waals surface area contributed by atoms with E-state index >= 15 is 0 Å². The lowest BCUT2D eigenvalue weighted by atomic mass is 10.00. The van der Waals surface area contributed by atoms with Crippen LogP contribution in [0.5, 0.6) is 0 Å². The molecule has 0 radical (unpaired) electrons. The van der Waals surface area contributed by atoms with E-state index in [2.05, 4.69) is 0 Å². The van der Waals surface area contributed by atoms with E-state index in [1.54, 1.807) is 18.2 Å². The van der Waals surface area contributed by atoms with Gasteiger partial charge in [0.1, 0.15) is 11.8 Å². The predicted molar refractivity (Wildman–Crippen MR) is 66.9 cm³/mol. The minimum Gasteiger partial charge on any atom is -0.503 e. The topological polar surface area (TPSA) is 83.9 Å². The van der Waals surface area contributed by atoms with Crippen LogP contribution in [-0.2, 0) is 4.79 Å². The highest BCUT2D eigenvalue weighted by atomic mass is 16.3. The summed E-state index contributed by atoms with van der Waals surface area (Å²) < 4.78 is 10.3. The number of aliphatic hydroxyl groups is 1. The van der Waals surface area contributed by atoms with E-state index in [4.69, 9.17) is 8.83 Å². The fourth-order valence-corrected chi connectivity index (χ4v) is 2.27. The largest absolute Gasteiger partial charge is 0.503 e. The summed E-state index contributed by atoms with van der Waals surface area (Å²) in [6.45, 7) is 0. The minimum atomic E-state index is -0.755. The zero-order valence-corrected chi connectivity index (χ0v) is 10.6. The summed E-state index contributed by atoms with van der Waals surface area (Å²) in [5.74, 6) is -1.27. The van der Waals surface area contributed by atoms with Crippen molar-refractivity contribution in [1.29, 1.82) is 0 Å². The molecule has 2 aromatic heterocycles. The first-order valence-electron chi connectivity index (χ1n) is 5.93. The predicted octanol–water partition coefficient (Wildman–Crippen LogP) is 2.08. The summed E-state index contributed by atoms with van der Waals surface area (Å²) in [4.78, 5) is 25.5. The van der Waals surface area contributed by atoms with E-state index in [0.717, 1.165) is 0 Å². The molecule has 2 aromatic rings. The first-order chi connectivity index (χ1) is 9.61. The van der Waals surface area contributed by atoms with Crippen LogP contribution in [0.1, 0.15) is 22.4 Å². The summed E-state index contributed by atoms with van der Waals surface area (Å²) >= 11 is 0. The van der Waals surface area contributed by atoms with E-state index in [0.29, 0.717) is 5.76 Å². The van der Waals surface area contributed by atoms with Gasteiger partial charge in [-0.05, 0) is 24.3 Å². The van der Waals surface area contributed by atoms with Crippen LogP contribution < -0.4 is 0 Å². The molecule has 0 saturated heterocycles. The molecule has 102 valence electrons. The third-order valence-electron chi connectivity index (χ3n) is 3.24. The average molecular weight is 273 g/mol. The number of aliphatic hydroxyl groups excluding tert-OH is 1. The maximum Gasteiger partial charge on any atom is 0.289 e. The average Bonchev–Trinajstić information content (AvgIpc) is 3.15. The molecule has 0 fully saturated rings. The van der Waals surface area contributed by atoms with Gasteiger partial charge in [0.05, 0.1) is 18.1 Å². The van der Waals surface area contributed by atoms with E-state index in [1.165, 1.54) is 30.5 Å². The number of carbonyl (C=O) groups is 2. The SMILES string of the molecule is CN1C(=O)C(O)=C(C(=O)c2ccco2)C1c1ccco1. The number of likely N-dealkylation sites (N-methyl/N-ethyl adjacent to an activating group) is 1. The maximum atomic E-state index is 12.4. The number of amides is 1. The second-order valence-electron chi connectivity index (χ2n) is 4.40.